The van der Waals surface area contributed by atoms with Gasteiger partial charge in [-0.1, -0.05) is 11.8 Å². The summed E-state index contributed by atoms with van der Waals surface area (Å²) in [6.45, 7) is 1.98. The predicted octanol–water partition coefficient (Wildman–Crippen LogP) is 3.31. The SMILES string of the molecule is COc1ccc([N+](=O)[O-])cc1NC(=O)CSc1nc(C)c2c(n1)CCCC2. The van der Waals surface area contributed by atoms with Gasteiger partial charge in [0.15, 0.2) is 5.16 Å². The van der Waals surface area contributed by atoms with Crippen molar-refractivity contribution in [2.24, 2.45) is 0 Å². The van der Waals surface area contributed by atoms with E-state index in [0.29, 0.717) is 10.9 Å². The average Bonchev–Trinajstić information content (AvgIpc) is 2.66. The molecule has 0 unspecified atom stereocenters. The van der Waals surface area contributed by atoms with Gasteiger partial charge in [0, 0.05) is 23.5 Å². The second-order valence-electron chi connectivity index (χ2n) is 6.20. The van der Waals surface area contributed by atoms with Crippen molar-refractivity contribution in [2.45, 2.75) is 37.8 Å². The molecule has 0 radical (unpaired) electrons. The lowest BCUT2D eigenvalue weighted by Gasteiger charge is -2.17. The Morgan fingerprint density at radius 2 is 2.11 bits per heavy atom. The van der Waals surface area contributed by atoms with E-state index in [1.165, 1.54) is 42.6 Å². The van der Waals surface area contributed by atoms with E-state index in [2.05, 4.69) is 15.3 Å². The van der Waals surface area contributed by atoms with E-state index < -0.39 is 4.92 Å². The van der Waals surface area contributed by atoms with Crippen molar-refractivity contribution in [3.63, 3.8) is 0 Å². The van der Waals surface area contributed by atoms with Crippen LogP contribution in [-0.4, -0.2) is 33.7 Å². The van der Waals surface area contributed by atoms with Crippen molar-refractivity contribution < 1.29 is 14.5 Å². The number of hydrogen-bond acceptors (Lipinski definition) is 7. The molecule has 2 aromatic rings. The summed E-state index contributed by atoms with van der Waals surface area (Å²) in [6.07, 6.45) is 4.25. The molecule has 27 heavy (non-hydrogen) atoms. The van der Waals surface area contributed by atoms with Gasteiger partial charge in [0.1, 0.15) is 5.75 Å². The van der Waals surface area contributed by atoms with Crippen LogP contribution in [0.5, 0.6) is 5.75 Å². The number of nitro benzene ring substituents is 1. The number of nitro groups is 1. The van der Waals surface area contributed by atoms with Crippen LogP contribution in [0.4, 0.5) is 11.4 Å². The Morgan fingerprint density at radius 1 is 1.33 bits per heavy atom. The largest absolute Gasteiger partial charge is 0.495 e. The van der Waals surface area contributed by atoms with E-state index in [1.807, 2.05) is 6.92 Å². The first-order valence-electron chi connectivity index (χ1n) is 8.59. The van der Waals surface area contributed by atoms with Gasteiger partial charge in [-0.05, 0) is 44.2 Å². The number of non-ortho nitro benzene ring substituents is 1. The van der Waals surface area contributed by atoms with Gasteiger partial charge in [0.05, 0.1) is 23.5 Å². The Labute approximate surface area is 160 Å². The molecule has 1 amide bonds. The molecule has 142 valence electrons. The number of hydrogen-bond donors (Lipinski definition) is 1. The van der Waals surface area contributed by atoms with Crippen LogP contribution in [0.25, 0.3) is 0 Å². The molecule has 0 fully saturated rings. The van der Waals surface area contributed by atoms with Crippen LogP contribution in [0.2, 0.25) is 0 Å². The van der Waals surface area contributed by atoms with E-state index in [9.17, 15) is 14.9 Å². The number of nitrogens with zero attached hydrogens (tertiary/aromatic N) is 3. The number of nitrogens with one attached hydrogen (secondary N) is 1. The second-order valence-corrected chi connectivity index (χ2v) is 7.14. The molecule has 1 N–H and O–H groups in total. The molecule has 0 saturated heterocycles. The summed E-state index contributed by atoms with van der Waals surface area (Å²) in [5, 5.41) is 14.2. The van der Waals surface area contributed by atoms with Crippen LogP contribution < -0.4 is 10.1 Å². The molecule has 1 aromatic carbocycles. The monoisotopic (exact) mass is 388 g/mol. The molecule has 0 saturated carbocycles. The first-order valence-corrected chi connectivity index (χ1v) is 9.58. The predicted molar refractivity (Wildman–Crippen MR) is 102 cm³/mol. The number of benzene rings is 1. The molecule has 0 spiro atoms. The highest BCUT2D eigenvalue weighted by Crippen LogP contribution is 2.29. The maximum absolute atomic E-state index is 12.3. The van der Waals surface area contributed by atoms with E-state index in [1.54, 1.807) is 0 Å². The number of aromatic nitrogens is 2. The minimum atomic E-state index is -0.520. The molecule has 8 nitrogen and oxygen atoms in total. The maximum atomic E-state index is 12.3. The number of aryl methyl sites for hydroxylation is 2. The minimum Gasteiger partial charge on any atom is -0.495 e. The van der Waals surface area contributed by atoms with Gasteiger partial charge in [-0.3, -0.25) is 14.9 Å². The van der Waals surface area contributed by atoms with Crippen LogP contribution in [-0.2, 0) is 17.6 Å². The third-order valence-corrected chi connectivity index (χ3v) is 5.22. The molecule has 1 heterocycles. The molecule has 9 heteroatoms. The Bertz CT molecular complexity index is 888. The fraction of sp³-hybridized carbons (Fsp3) is 0.389. The molecule has 0 atom stereocenters. The van der Waals surface area contributed by atoms with E-state index in [-0.39, 0.29) is 23.0 Å². The van der Waals surface area contributed by atoms with Gasteiger partial charge >= 0.3 is 0 Å². The Morgan fingerprint density at radius 3 is 2.85 bits per heavy atom. The lowest BCUT2D eigenvalue weighted by Crippen LogP contribution is -2.16. The third kappa shape index (κ3) is 4.54. The van der Waals surface area contributed by atoms with Crippen molar-refractivity contribution in [1.29, 1.82) is 0 Å². The van der Waals surface area contributed by atoms with Gasteiger partial charge in [0.2, 0.25) is 5.91 Å². The molecule has 3 rings (SSSR count). The lowest BCUT2D eigenvalue weighted by atomic mass is 9.95. The topological polar surface area (TPSA) is 107 Å². The summed E-state index contributed by atoms with van der Waals surface area (Å²) in [5.74, 6) is 0.155. The molecule has 0 bridgehead atoms. The van der Waals surface area contributed by atoms with Crippen molar-refractivity contribution in [3.8, 4) is 5.75 Å². The number of rotatable bonds is 6. The molecule has 1 aliphatic carbocycles. The highest BCUT2D eigenvalue weighted by atomic mass is 32.2. The number of ether oxygens (including phenoxy) is 1. The number of methoxy groups -OCH3 is 1. The minimum absolute atomic E-state index is 0.101. The fourth-order valence-electron chi connectivity index (χ4n) is 3.04. The summed E-state index contributed by atoms with van der Waals surface area (Å²) in [4.78, 5) is 31.8. The van der Waals surface area contributed by atoms with Gasteiger partial charge in [-0.2, -0.15) is 0 Å². The molecule has 0 aliphatic heterocycles. The molecule has 1 aromatic heterocycles. The summed E-state index contributed by atoms with van der Waals surface area (Å²) in [6, 6.07) is 4.06. The van der Waals surface area contributed by atoms with E-state index in [4.69, 9.17) is 4.74 Å². The highest BCUT2D eigenvalue weighted by Gasteiger charge is 2.17. The van der Waals surface area contributed by atoms with Gasteiger partial charge < -0.3 is 10.1 Å². The molecular formula is C18H20N4O4S. The molecular weight excluding hydrogens is 368 g/mol. The Balaban J connectivity index is 1.67. The zero-order valence-corrected chi connectivity index (χ0v) is 16.0. The summed E-state index contributed by atoms with van der Waals surface area (Å²) in [7, 11) is 1.44. The maximum Gasteiger partial charge on any atom is 0.271 e. The summed E-state index contributed by atoms with van der Waals surface area (Å²) >= 11 is 1.25. The van der Waals surface area contributed by atoms with Crippen molar-refractivity contribution in [1.82, 2.24) is 9.97 Å². The fourth-order valence-corrected chi connectivity index (χ4v) is 3.75. The average molecular weight is 388 g/mol. The zero-order chi connectivity index (χ0) is 19.4. The molecule has 1 aliphatic rings. The van der Waals surface area contributed by atoms with Crippen LogP contribution >= 0.6 is 11.8 Å². The van der Waals surface area contributed by atoms with Crippen LogP contribution in [0.1, 0.15) is 29.8 Å². The summed E-state index contributed by atoms with van der Waals surface area (Å²) < 4.78 is 5.15. The van der Waals surface area contributed by atoms with Crippen LogP contribution in [0.3, 0.4) is 0 Å². The van der Waals surface area contributed by atoms with Crippen molar-refractivity contribution in [3.05, 3.63) is 45.3 Å². The van der Waals surface area contributed by atoms with Gasteiger partial charge in [-0.25, -0.2) is 9.97 Å². The number of anilines is 1. The summed E-state index contributed by atoms with van der Waals surface area (Å²) in [5.41, 5.74) is 3.43. The van der Waals surface area contributed by atoms with Gasteiger partial charge in [-0.15, -0.1) is 0 Å². The third-order valence-electron chi connectivity index (χ3n) is 4.37. The zero-order valence-electron chi connectivity index (χ0n) is 15.2. The second kappa shape index (κ2) is 8.34. The van der Waals surface area contributed by atoms with Gasteiger partial charge in [0.25, 0.3) is 5.69 Å². The highest BCUT2D eigenvalue weighted by molar-refractivity contribution is 7.99. The van der Waals surface area contributed by atoms with Crippen LogP contribution in [0.15, 0.2) is 23.4 Å². The van der Waals surface area contributed by atoms with Crippen LogP contribution in [0, 0.1) is 17.0 Å². The quantitative estimate of drug-likeness (QED) is 0.350. The Hall–Kier alpha value is -2.68. The van der Waals surface area contributed by atoms with E-state index in [0.717, 1.165) is 37.1 Å². The first kappa shape index (κ1) is 19.1. The number of carbonyl (C=O) groups is 1. The van der Waals surface area contributed by atoms with Crippen molar-refractivity contribution >= 4 is 29.0 Å². The number of thioether (sulfide) groups is 1. The lowest BCUT2D eigenvalue weighted by molar-refractivity contribution is -0.384. The number of fused-ring (bicyclic) bond motifs is 1. The number of carbonyl (C=O) groups excluding carboxylic acids is 1. The smallest absolute Gasteiger partial charge is 0.271 e. The Kier molecular flexibility index (Phi) is 5.90. The standard InChI is InChI=1S/C18H20N4O4S/c1-11-13-5-3-4-6-14(13)21-18(19-11)27-10-17(23)20-15-9-12(22(24)25)7-8-16(15)26-2/h7-9H,3-6,10H2,1-2H3,(H,20,23). The van der Waals surface area contributed by atoms with E-state index >= 15 is 0 Å². The first-order chi connectivity index (χ1) is 13.0. The van der Waals surface area contributed by atoms with Crippen molar-refractivity contribution in [2.75, 3.05) is 18.2 Å². The normalized spacial score (nSPS) is 13.0. The number of amides is 1.